The summed E-state index contributed by atoms with van der Waals surface area (Å²) in [7, 11) is 7.71. The zero-order valence-electron chi connectivity index (χ0n) is 15.8. The SMILES string of the molecule is COc1cccc2cc([C@@H](C)NCc3c(C)nn(C)c3N(C)C)oc12. The molecule has 0 spiro atoms. The Balaban J connectivity index is 1.81. The molecule has 25 heavy (non-hydrogen) atoms. The Hall–Kier alpha value is -2.47. The van der Waals surface area contributed by atoms with Crippen LogP contribution >= 0.6 is 0 Å². The van der Waals surface area contributed by atoms with E-state index in [9.17, 15) is 0 Å². The predicted molar refractivity (Wildman–Crippen MR) is 100 cm³/mol. The molecule has 0 saturated heterocycles. The van der Waals surface area contributed by atoms with Crippen LogP contribution in [-0.2, 0) is 13.6 Å². The van der Waals surface area contributed by atoms with Crippen molar-refractivity contribution in [1.29, 1.82) is 0 Å². The van der Waals surface area contributed by atoms with E-state index in [2.05, 4.69) is 28.3 Å². The maximum atomic E-state index is 6.03. The summed E-state index contributed by atoms with van der Waals surface area (Å²) in [4.78, 5) is 2.09. The number of hydrogen-bond acceptors (Lipinski definition) is 5. The fourth-order valence-corrected chi connectivity index (χ4v) is 3.24. The van der Waals surface area contributed by atoms with E-state index >= 15 is 0 Å². The minimum absolute atomic E-state index is 0.0757. The topological polar surface area (TPSA) is 55.5 Å². The van der Waals surface area contributed by atoms with Crippen LogP contribution in [0.15, 0.2) is 28.7 Å². The number of nitrogens with zero attached hydrogens (tertiary/aromatic N) is 3. The summed E-state index contributed by atoms with van der Waals surface area (Å²) in [6.07, 6.45) is 0. The number of nitrogens with one attached hydrogen (secondary N) is 1. The Labute approximate surface area is 148 Å². The number of hydrogen-bond donors (Lipinski definition) is 1. The first-order valence-corrected chi connectivity index (χ1v) is 8.42. The summed E-state index contributed by atoms with van der Waals surface area (Å²) in [5.74, 6) is 2.77. The molecule has 1 N–H and O–H groups in total. The Kier molecular flexibility index (Phi) is 4.72. The van der Waals surface area contributed by atoms with E-state index in [1.807, 2.05) is 50.9 Å². The van der Waals surface area contributed by atoms with Crippen LogP contribution in [0.5, 0.6) is 5.75 Å². The third-order valence-electron chi connectivity index (χ3n) is 4.50. The molecule has 0 fully saturated rings. The highest BCUT2D eigenvalue weighted by molar-refractivity contribution is 5.83. The Morgan fingerprint density at radius 1 is 1.36 bits per heavy atom. The molecular weight excluding hydrogens is 316 g/mol. The van der Waals surface area contributed by atoms with E-state index in [1.54, 1.807) is 7.11 Å². The molecule has 1 aromatic carbocycles. The predicted octanol–water partition coefficient (Wildman–Crippen LogP) is 3.40. The van der Waals surface area contributed by atoms with Gasteiger partial charge in [-0.15, -0.1) is 0 Å². The van der Waals surface area contributed by atoms with Crippen LogP contribution in [0.2, 0.25) is 0 Å². The number of para-hydroxylation sites is 1. The van der Waals surface area contributed by atoms with Gasteiger partial charge in [0.15, 0.2) is 11.3 Å². The lowest BCUT2D eigenvalue weighted by Crippen LogP contribution is -2.21. The lowest BCUT2D eigenvalue weighted by Gasteiger charge is -2.17. The minimum Gasteiger partial charge on any atom is -0.493 e. The fraction of sp³-hybridized carbons (Fsp3) is 0.421. The maximum absolute atomic E-state index is 6.03. The standard InChI is InChI=1S/C19H26N4O2/c1-12-15(19(22(3)4)23(5)21-12)11-20-13(2)17-10-14-8-7-9-16(24-6)18(14)25-17/h7-10,13,20H,11H2,1-6H3/t13-/m1/s1. The molecule has 0 aliphatic rings. The van der Waals surface area contributed by atoms with Gasteiger partial charge >= 0.3 is 0 Å². The molecule has 3 rings (SSSR count). The highest BCUT2D eigenvalue weighted by Crippen LogP contribution is 2.31. The van der Waals surface area contributed by atoms with Crippen LogP contribution in [0.4, 0.5) is 5.82 Å². The molecule has 6 nitrogen and oxygen atoms in total. The van der Waals surface area contributed by atoms with Crippen LogP contribution in [0.1, 0.15) is 30.0 Å². The highest BCUT2D eigenvalue weighted by Gasteiger charge is 2.18. The first kappa shape index (κ1) is 17.4. The Morgan fingerprint density at radius 3 is 2.80 bits per heavy atom. The summed E-state index contributed by atoms with van der Waals surface area (Å²) in [5.41, 5.74) is 3.03. The second-order valence-electron chi connectivity index (χ2n) is 6.54. The summed E-state index contributed by atoms with van der Waals surface area (Å²) in [6, 6.07) is 8.06. The van der Waals surface area contributed by atoms with Gasteiger partial charge in [0.2, 0.25) is 0 Å². The molecule has 2 aromatic heterocycles. The van der Waals surface area contributed by atoms with Gasteiger partial charge in [0.25, 0.3) is 0 Å². The van der Waals surface area contributed by atoms with Crippen molar-refractivity contribution in [3.63, 3.8) is 0 Å². The number of benzene rings is 1. The van der Waals surface area contributed by atoms with Crippen molar-refractivity contribution in [3.8, 4) is 5.75 Å². The molecule has 6 heteroatoms. The molecule has 0 aliphatic carbocycles. The third-order valence-corrected chi connectivity index (χ3v) is 4.50. The first-order chi connectivity index (χ1) is 11.9. The van der Waals surface area contributed by atoms with E-state index in [-0.39, 0.29) is 6.04 Å². The number of fused-ring (bicyclic) bond motifs is 1. The number of rotatable bonds is 6. The zero-order valence-corrected chi connectivity index (χ0v) is 15.8. The molecule has 0 radical (unpaired) electrons. The Bertz CT molecular complexity index is 879. The fourth-order valence-electron chi connectivity index (χ4n) is 3.24. The van der Waals surface area contributed by atoms with E-state index in [0.717, 1.165) is 40.5 Å². The number of aromatic nitrogens is 2. The summed E-state index contributed by atoms with van der Waals surface area (Å²) < 4.78 is 13.3. The molecule has 2 heterocycles. The average molecular weight is 342 g/mol. The molecule has 0 unspecified atom stereocenters. The van der Waals surface area contributed by atoms with Crippen molar-refractivity contribution in [1.82, 2.24) is 15.1 Å². The molecule has 0 aliphatic heterocycles. The number of aryl methyl sites for hydroxylation is 2. The van der Waals surface area contributed by atoms with E-state index in [4.69, 9.17) is 9.15 Å². The summed E-state index contributed by atoms with van der Waals surface area (Å²) in [5, 5.41) is 9.13. The Morgan fingerprint density at radius 2 is 2.12 bits per heavy atom. The van der Waals surface area contributed by atoms with Crippen LogP contribution in [-0.4, -0.2) is 31.0 Å². The molecule has 0 bridgehead atoms. The molecule has 1 atom stereocenters. The minimum atomic E-state index is 0.0757. The molecule has 0 saturated carbocycles. The highest BCUT2D eigenvalue weighted by atomic mass is 16.5. The van der Waals surface area contributed by atoms with Gasteiger partial charge in [0.1, 0.15) is 11.6 Å². The largest absolute Gasteiger partial charge is 0.493 e. The number of ether oxygens (including phenoxy) is 1. The second kappa shape index (κ2) is 6.80. The van der Waals surface area contributed by atoms with Crippen LogP contribution in [0, 0.1) is 6.92 Å². The summed E-state index contributed by atoms with van der Waals surface area (Å²) >= 11 is 0. The van der Waals surface area contributed by atoms with E-state index in [0.29, 0.717) is 0 Å². The smallest absolute Gasteiger partial charge is 0.176 e. The average Bonchev–Trinajstić information content (AvgIpc) is 3.12. The molecular formula is C19H26N4O2. The zero-order chi connectivity index (χ0) is 18.1. The number of methoxy groups -OCH3 is 1. The van der Waals surface area contributed by atoms with Gasteiger partial charge in [0.05, 0.1) is 18.8 Å². The molecule has 3 aromatic rings. The van der Waals surface area contributed by atoms with Crippen molar-refractivity contribution in [3.05, 3.63) is 41.3 Å². The van der Waals surface area contributed by atoms with Gasteiger partial charge in [-0.3, -0.25) is 4.68 Å². The van der Waals surface area contributed by atoms with Crippen molar-refractivity contribution in [2.45, 2.75) is 26.4 Å². The molecule has 0 amide bonds. The lowest BCUT2D eigenvalue weighted by molar-refractivity contribution is 0.399. The van der Waals surface area contributed by atoms with Crippen LogP contribution < -0.4 is 15.0 Å². The lowest BCUT2D eigenvalue weighted by atomic mass is 10.2. The van der Waals surface area contributed by atoms with Gasteiger partial charge in [-0.25, -0.2) is 0 Å². The van der Waals surface area contributed by atoms with Gasteiger partial charge in [0, 0.05) is 38.6 Å². The van der Waals surface area contributed by atoms with Crippen molar-refractivity contribution >= 4 is 16.8 Å². The normalized spacial score (nSPS) is 12.6. The van der Waals surface area contributed by atoms with Gasteiger partial charge in [-0.1, -0.05) is 12.1 Å². The third kappa shape index (κ3) is 3.22. The molecule has 134 valence electrons. The van der Waals surface area contributed by atoms with Crippen molar-refractivity contribution in [2.24, 2.45) is 7.05 Å². The first-order valence-electron chi connectivity index (χ1n) is 8.42. The van der Waals surface area contributed by atoms with Gasteiger partial charge < -0.3 is 19.4 Å². The quantitative estimate of drug-likeness (QED) is 0.744. The maximum Gasteiger partial charge on any atom is 0.176 e. The number of furan rings is 1. The van der Waals surface area contributed by atoms with Crippen molar-refractivity contribution < 1.29 is 9.15 Å². The van der Waals surface area contributed by atoms with Gasteiger partial charge in [-0.2, -0.15) is 5.10 Å². The van der Waals surface area contributed by atoms with Crippen LogP contribution in [0.3, 0.4) is 0 Å². The van der Waals surface area contributed by atoms with Gasteiger partial charge in [-0.05, 0) is 26.0 Å². The van der Waals surface area contributed by atoms with E-state index in [1.165, 1.54) is 5.56 Å². The monoisotopic (exact) mass is 342 g/mol. The van der Waals surface area contributed by atoms with Crippen LogP contribution in [0.25, 0.3) is 11.0 Å². The summed E-state index contributed by atoms with van der Waals surface area (Å²) in [6.45, 7) is 4.87. The second-order valence-corrected chi connectivity index (χ2v) is 6.54. The van der Waals surface area contributed by atoms with E-state index < -0.39 is 0 Å². The number of anilines is 1. The van der Waals surface area contributed by atoms with Crippen molar-refractivity contribution in [2.75, 3.05) is 26.1 Å².